The van der Waals surface area contributed by atoms with Gasteiger partial charge in [0.2, 0.25) is 0 Å². The minimum absolute atomic E-state index is 0.0568. The lowest BCUT2D eigenvalue weighted by Crippen LogP contribution is -2.27. The molecule has 0 spiro atoms. The molecule has 0 bridgehead atoms. The number of carbonyl (C=O) groups is 1. The zero-order valence-electron chi connectivity index (χ0n) is 12.4. The number of hydrogen-bond acceptors (Lipinski definition) is 4. The fourth-order valence-corrected chi connectivity index (χ4v) is 3.90. The Morgan fingerprint density at radius 2 is 2.29 bits per heavy atom. The van der Waals surface area contributed by atoms with Crippen LogP contribution in [0.5, 0.6) is 0 Å². The first kappa shape index (κ1) is 14.1. The van der Waals surface area contributed by atoms with Crippen molar-refractivity contribution in [3.8, 4) is 0 Å². The molecule has 0 fully saturated rings. The van der Waals surface area contributed by atoms with Crippen molar-refractivity contribution in [2.75, 3.05) is 19.3 Å². The van der Waals surface area contributed by atoms with Gasteiger partial charge in [-0.2, -0.15) is 0 Å². The predicted molar refractivity (Wildman–Crippen MR) is 87.8 cm³/mol. The van der Waals surface area contributed by atoms with Crippen molar-refractivity contribution < 1.29 is 4.79 Å². The lowest BCUT2D eigenvalue weighted by Gasteiger charge is -2.16. The summed E-state index contributed by atoms with van der Waals surface area (Å²) in [5.41, 5.74) is 10.2. The lowest BCUT2D eigenvalue weighted by atomic mass is 10.1. The van der Waals surface area contributed by atoms with Crippen LogP contribution in [0.1, 0.15) is 34.3 Å². The van der Waals surface area contributed by atoms with Crippen LogP contribution in [0.15, 0.2) is 18.2 Å². The minimum atomic E-state index is -0.0568. The highest BCUT2D eigenvalue weighted by Crippen LogP contribution is 2.36. The van der Waals surface area contributed by atoms with Gasteiger partial charge in [-0.25, -0.2) is 4.98 Å². The van der Waals surface area contributed by atoms with Crippen LogP contribution >= 0.6 is 11.3 Å². The molecule has 0 radical (unpaired) electrons. The number of fused-ring (bicyclic) bond motifs is 2. The Hall–Kier alpha value is -1.88. The number of amides is 1. The molecule has 5 heteroatoms. The Labute approximate surface area is 128 Å². The summed E-state index contributed by atoms with van der Waals surface area (Å²) >= 11 is 1.40. The van der Waals surface area contributed by atoms with E-state index in [-0.39, 0.29) is 5.91 Å². The maximum Gasteiger partial charge on any atom is 0.266 e. The summed E-state index contributed by atoms with van der Waals surface area (Å²) in [7, 11) is 1.77. The van der Waals surface area contributed by atoms with Crippen molar-refractivity contribution in [1.29, 1.82) is 0 Å². The number of anilines is 1. The molecule has 0 saturated heterocycles. The highest BCUT2D eigenvalue weighted by atomic mass is 32.1. The Bertz CT molecular complexity index is 748. The SMILES string of the molecule is C=C(C)CN(C)C(=O)c1sc2nc3c(cc2c1N)CCC3. The van der Waals surface area contributed by atoms with Gasteiger partial charge >= 0.3 is 0 Å². The van der Waals surface area contributed by atoms with Gasteiger partial charge in [0.05, 0.1) is 5.69 Å². The number of aromatic nitrogens is 1. The number of carbonyl (C=O) groups excluding carboxylic acids is 1. The number of aryl methyl sites for hydroxylation is 2. The van der Waals surface area contributed by atoms with Gasteiger partial charge in [-0.15, -0.1) is 11.3 Å². The summed E-state index contributed by atoms with van der Waals surface area (Å²) in [6.45, 7) is 6.29. The molecule has 0 atom stereocenters. The molecule has 4 nitrogen and oxygen atoms in total. The quantitative estimate of drug-likeness (QED) is 0.887. The topological polar surface area (TPSA) is 59.2 Å². The van der Waals surface area contributed by atoms with Gasteiger partial charge in [-0.3, -0.25) is 4.79 Å². The van der Waals surface area contributed by atoms with Crippen molar-refractivity contribution in [2.45, 2.75) is 26.2 Å². The zero-order valence-corrected chi connectivity index (χ0v) is 13.2. The van der Waals surface area contributed by atoms with Crippen LogP contribution in [0.2, 0.25) is 0 Å². The molecule has 0 unspecified atom stereocenters. The van der Waals surface area contributed by atoms with Crippen LogP contribution in [0.4, 0.5) is 5.69 Å². The van der Waals surface area contributed by atoms with Crippen LogP contribution in [0.3, 0.4) is 0 Å². The number of likely N-dealkylation sites (N-methyl/N-ethyl adjacent to an activating group) is 1. The minimum Gasteiger partial charge on any atom is -0.397 e. The molecule has 2 N–H and O–H groups in total. The van der Waals surface area contributed by atoms with Gasteiger partial charge in [0, 0.05) is 24.7 Å². The molecule has 1 aliphatic rings. The first-order chi connectivity index (χ1) is 9.97. The van der Waals surface area contributed by atoms with Crippen molar-refractivity contribution in [1.82, 2.24) is 9.88 Å². The average molecular weight is 301 g/mol. The molecular formula is C16H19N3OS. The van der Waals surface area contributed by atoms with Crippen LogP contribution in [0, 0.1) is 0 Å². The van der Waals surface area contributed by atoms with E-state index in [1.54, 1.807) is 11.9 Å². The number of nitrogens with two attached hydrogens (primary N) is 1. The van der Waals surface area contributed by atoms with Gasteiger partial charge in [-0.05, 0) is 37.8 Å². The van der Waals surface area contributed by atoms with Crippen molar-refractivity contribution in [2.24, 2.45) is 0 Å². The molecule has 0 aliphatic heterocycles. The van der Waals surface area contributed by atoms with E-state index in [1.165, 1.54) is 16.9 Å². The molecule has 110 valence electrons. The van der Waals surface area contributed by atoms with E-state index >= 15 is 0 Å². The second-order valence-electron chi connectivity index (χ2n) is 5.76. The number of pyridine rings is 1. The van der Waals surface area contributed by atoms with E-state index in [0.717, 1.165) is 40.7 Å². The third kappa shape index (κ3) is 2.42. The number of rotatable bonds is 3. The molecule has 21 heavy (non-hydrogen) atoms. The monoisotopic (exact) mass is 301 g/mol. The summed E-state index contributed by atoms with van der Waals surface area (Å²) in [6.07, 6.45) is 3.25. The van der Waals surface area contributed by atoms with Gasteiger partial charge < -0.3 is 10.6 Å². The van der Waals surface area contributed by atoms with Gasteiger partial charge in [-0.1, -0.05) is 12.2 Å². The molecule has 2 aromatic rings. The maximum absolute atomic E-state index is 12.5. The first-order valence-corrected chi connectivity index (χ1v) is 7.89. The summed E-state index contributed by atoms with van der Waals surface area (Å²) in [4.78, 5) is 20.3. The average Bonchev–Trinajstić information content (AvgIpc) is 2.99. The van der Waals surface area contributed by atoms with E-state index in [1.807, 2.05) is 6.92 Å². The van der Waals surface area contributed by atoms with E-state index in [9.17, 15) is 4.79 Å². The molecule has 0 saturated carbocycles. The highest BCUT2D eigenvalue weighted by Gasteiger charge is 2.22. The van der Waals surface area contributed by atoms with E-state index in [0.29, 0.717) is 17.1 Å². The number of nitrogens with zero attached hydrogens (tertiary/aromatic N) is 2. The standard InChI is InChI=1S/C16H19N3OS/c1-9(2)8-19(3)16(20)14-13(17)11-7-10-5-4-6-12(10)18-15(11)21-14/h7H,1,4-6,8,17H2,2-3H3. The van der Waals surface area contributed by atoms with E-state index in [2.05, 4.69) is 12.6 Å². The van der Waals surface area contributed by atoms with Gasteiger partial charge in [0.1, 0.15) is 9.71 Å². The molecule has 0 aromatic carbocycles. The molecule has 1 amide bonds. The second kappa shape index (κ2) is 5.15. The highest BCUT2D eigenvalue weighted by molar-refractivity contribution is 7.21. The summed E-state index contributed by atoms with van der Waals surface area (Å²) < 4.78 is 0. The number of thiophene rings is 1. The van der Waals surface area contributed by atoms with Crippen LogP contribution in [0.25, 0.3) is 10.2 Å². The Morgan fingerprint density at radius 1 is 1.52 bits per heavy atom. The molecule has 3 rings (SSSR count). The normalized spacial score (nSPS) is 13.4. The maximum atomic E-state index is 12.5. The first-order valence-electron chi connectivity index (χ1n) is 7.08. The second-order valence-corrected chi connectivity index (χ2v) is 6.76. The molecule has 1 aliphatic carbocycles. The molecular weight excluding hydrogens is 282 g/mol. The van der Waals surface area contributed by atoms with Crippen molar-refractivity contribution in [3.05, 3.63) is 34.4 Å². The van der Waals surface area contributed by atoms with Crippen LogP contribution in [-0.4, -0.2) is 29.4 Å². The molecule has 2 aromatic heterocycles. The lowest BCUT2D eigenvalue weighted by molar-refractivity contribution is 0.0812. The zero-order chi connectivity index (χ0) is 15.1. The smallest absolute Gasteiger partial charge is 0.266 e. The van der Waals surface area contributed by atoms with Crippen LogP contribution < -0.4 is 5.73 Å². The summed E-state index contributed by atoms with van der Waals surface area (Å²) in [5.74, 6) is -0.0568. The Kier molecular flexibility index (Phi) is 3.45. The van der Waals surface area contributed by atoms with Crippen molar-refractivity contribution >= 4 is 33.1 Å². The fraction of sp³-hybridized carbons (Fsp3) is 0.375. The predicted octanol–water partition coefficient (Wildman–Crippen LogP) is 3.02. The van der Waals surface area contributed by atoms with E-state index in [4.69, 9.17) is 10.7 Å². The third-order valence-electron chi connectivity index (χ3n) is 3.80. The van der Waals surface area contributed by atoms with Crippen molar-refractivity contribution in [3.63, 3.8) is 0 Å². The largest absolute Gasteiger partial charge is 0.397 e. The van der Waals surface area contributed by atoms with Gasteiger partial charge in [0.15, 0.2) is 0 Å². The third-order valence-corrected chi connectivity index (χ3v) is 4.90. The summed E-state index contributed by atoms with van der Waals surface area (Å²) in [6, 6.07) is 2.12. The number of nitrogen functional groups attached to an aromatic ring is 1. The van der Waals surface area contributed by atoms with Crippen LogP contribution in [-0.2, 0) is 12.8 Å². The Morgan fingerprint density at radius 3 is 3.00 bits per heavy atom. The molecule has 2 heterocycles. The fourth-order valence-electron chi connectivity index (χ4n) is 2.81. The van der Waals surface area contributed by atoms with E-state index < -0.39 is 0 Å². The number of hydrogen-bond donors (Lipinski definition) is 1. The Balaban J connectivity index is 2.02. The van der Waals surface area contributed by atoms with Gasteiger partial charge in [0.25, 0.3) is 5.91 Å². The summed E-state index contributed by atoms with van der Waals surface area (Å²) in [5, 5.41) is 0.924.